The van der Waals surface area contributed by atoms with Crippen molar-refractivity contribution < 1.29 is 12.8 Å². The Bertz CT molecular complexity index is 463. The Morgan fingerprint density at radius 3 is 2.81 bits per heavy atom. The van der Waals surface area contributed by atoms with Gasteiger partial charge in [0.05, 0.1) is 11.8 Å². The lowest BCUT2D eigenvalue weighted by Crippen LogP contribution is -2.31. The molecule has 1 aromatic heterocycles. The van der Waals surface area contributed by atoms with Crippen molar-refractivity contribution in [2.45, 2.75) is 32.7 Å². The van der Waals surface area contributed by atoms with Crippen molar-refractivity contribution in [1.82, 2.24) is 4.31 Å². The molecule has 2 rings (SSSR count). The van der Waals surface area contributed by atoms with E-state index in [0.717, 1.165) is 24.4 Å². The van der Waals surface area contributed by atoms with Gasteiger partial charge in [-0.05, 0) is 38.8 Å². The summed E-state index contributed by atoms with van der Waals surface area (Å²) in [5.74, 6) is 1.76. The monoisotopic (exact) mass is 243 g/mol. The molecule has 0 bridgehead atoms. The van der Waals surface area contributed by atoms with Crippen molar-refractivity contribution in [3.05, 3.63) is 23.7 Å². The molecule has 0 radical (unpaired) electrons. The minimum Gasteiger partial charge on any atom is -0.465 e. The first-order valence-electron chi connectivity index (χ1n) is 5.60. The van der Waals surface area contributed by atoms with Crippen LogP contribution in [-0.2, 0) is 10.0 Å². The quantitative estimate of drug-likeness (QED) is 0.816. The zero-order chi connectivity index (χ0) is 11.8. The lowest BCUT2D eigenvalue weighted by atomic mass is 10.2. The van der Waals surface area contributed by atoms with Gasteiger partial charge in [0.1, 0.15) is 11.5 Å². The average Bonchev–Trinajstić information content (AvgIpc) is 2.85. The van der Waals surface area contributed by atoms with E-state index >= 15 is 0 Å². The number of rotatable bonds is 3. The molecule has 1 aliphatic heterocycles. The smallest absolute Gasteiger partial charge is 0.214 e. The van der Waals surface area contributed by atoms with E-state index in [1.54, 1.807) is 11.2 Å². The molecule has 0 N–H and O–H groups in total. The minimum absolute atomic E-state index is 0.0985. The fourth-order valence-corrected chi connectivity index (χ4v) is 3.49. The first kappa shape index (κ1) is 11.7. The van der Waals surface area contributed by atoms with Crippen molar-refractivity contribution in [3.63, 3.8) is 0 Å². The number of furan rings is 1. The summed E-state index contributed by atoms with van der Waals surface area (Å²) in [7, 11) is -3.11. The van der Waals surface area contributed by atoms with Gasteiger partial charge in [-0.3, -0.25) is 0 Å². The van der Waals surface area contributed by atoms with Crippen molar-refractivity contribution in [1.29, 1.82) is 0 Å². The molecule has 0 saturated carbocycles. The van der Waals surface area contributed by atoms with E-state index in [2.05, 4.69) is 0 Å². The Labute approximate surface area is 96.3 Å². The van der Waals surface area contributed by atoms with Crippen LogP contribution < -0.4 is 0 Å². The number of hydrogen-bond acceptors (Lipinski definition) is 3. The second-order valence-corrected chi connectivity index (χ2v) is 6.33. The van der Waals surface area contributed by atoms with E-state index in [1.807, 2.05) is 19.1 Å². The predicted octanol–water partition coefficient (Wildman–Crippen LogP) is 2.07. The van der Waals surface area contributed by atoms with Gasteiger partial charge in [-0.1, -0.05) is 0 Å². The molecule has 1 aromatic rings. The van der Waals surface area contributed by atoms with Gasteiger partial charge in [0.2, 0.25) is 10.0 Å². The summed E-state index contributed by atoms with van der Waals surface area (Å²) in [5, 5.41) is 0. The molecular weight excluding hydrogens is 226 g/mol. The maximum Gasteiger partial charge on any atom is 0.214 e. The molecule has 4 nitrogen and oxygen atoms in total. The molecule has 0 amide bonds. The molecule has 5 heteroatoms. The fourth-order valence-electron chi connectivity index (χ4n) is 2.16. The Morgan fingerprint density at radius 2 is 2.25 bits per heavy atom. The third kappa shape index (κ3) is 2.01. The molecule has 1 fully saturated rings. The van der Waals surface area contributed by atoms with Gasteiger partial charge in [-0.2, -0.15) is 4.31 Å². The van der Waals surface area contributed by atoms with Gasteiger partial charge in [-0.25, -0.2) is 8.42 Å². The van der Waals surface area contributed by atoms with E-state index in [-0.39, 0.29) is 11.8 Å². The Kier molecular flexibility index (Phi) is 3.08. The van der Waals surface area contributed by atoms with Gasteiger partial charge >= 0.3 is 0 Å². The first-order chi connectivity index (χ1) is 7.54. The Morgan fingerprint density at radius 1 is 1.50 bits per heavy atom. The number of sulfonamides is 1. The summed E-state index contributed by atoms with van der Waals surface area (Å²) in [6.07, 6.45) is 1.76. The third-order valence-electron chi connectivity index (χ3n) is 3.02. The van der Waals surface area contributed by atoms with Crippen LogP contribution in [0.2, 0.25) is 0 Å². The fraction of sp³-hybridized carbons (Fsp3) is 0.636. The minimum atomic E-state index is -3.11. The van der Waals surface area contributed by atoms with E-state index in [9.17, 15) is 8.42 Å². The normalized spacial score (nSPS) is 22.8. The maximum atomic E-state index is 11.9. The number of hydrogen-bond donors (Lipinski definition) is 0. The van der Waals surface area contributed by atoms with E-state index in [4.69, 9.17) is 4.42 Å². The number of nitrogens with zero attached hydrogens (tertiary/aromatic N) is 1. The Hall–Kier alpha value is -0.810. The molecule has 1 saturated heterocycles. The van der Waals surface area contributed by atoms with Crippen LogP contribution in [0, 0.1) is 6.92 Å². The van der Waals surface area contributed by atoms with Crippen molar-refractivity contribution >= 4 is 10.0 Å². The first-order valence-corrected chi connectivity index (χ1v) is 7.21. The summed E-state index contributed by atoms with van der Waals surface area (Å²) >= 11 is 0. The molecule has 1 unspecified atom stereocenters. The lowest BCUT2D eigenvalue weighted by molar-refractivity contribution is 0.334. The molecule has 1 atom stereocenters. The largest absolute Gasteiger partial charge is 0.465 e. The van der Waals surface area contributed by atoms with Crippen LogP contribution in [0.25, 0.3) is 0 Å². The van der Waals surface area contributed by atoms with Gasteiger partial charge in [0.15, 0.2) is 0 Å². The summed E-state index contributed by atoms with van der Waals surface area (Å²) in [6, 6.07) is 3.66. The van der Waals surface area contributed by atoms with Crippen LogP contribution in [0.15, 0.2) is 16.5 Å². The van der Waals surface area contributed by atoms with Crippen molar-refractivity contribution in [3.8, 4) is 0 Å². The van der Waals surface area contributed by atoms with Crippen LogP contribution in [0.5, 0.6) is 0 Å². The summed E-state index contributed by atoms with van der Waals surface area (Å²) in [5.41, 5.74) is 0. The van der Waals surface area contributed by atoms with Crippen LogP contribution in [0.4, 0.5) is 0 Å². The van der Waals surface area contributed by atoms with Gasteiger partial charge in [0.25, 0.3) is 0 Å². The van der Waals surface area contributed by atoms with Gasteiger partial charge < -0.3 is 4.42 Å². The standard InChI is InChI=1S/C11H17NO3S/c1-3-16(13,14)12-8-4-5-10(12)11-7-6-9(2)15-11/h6-7,10H,3-5,8H2,1-2H3. The summed E-state index contributed by atoms with van der Waals surface area (Å²) in [6.45, 7) is 4.16. The van der Waals surface area contributed by atoms with Gasteiger partial charge in [-0.15, -0.1) is 0 Å². The molecule has 0 aromatic carbocycles. The molecular formula is C11H17NO3S. The highest BCUT2D eigenvalue weighted by Gasteiger charge is 2.35. The molecule has 2 heterocycles. The van der Waals surface area contributed by atoms with E-state index in [1.165, 1.54) is 0 Å². The zero-order valence-electron chi connectivity index (χ0n) is 9.64. The zero-order valence-corrected chi connectivity index (χ0v) is 10.5. The highest BCUT2D eigenvalue weighted by molar-refractivity contribution is 7.89. The average molecular weight is 243 g/mol. The highest BCUT2D eigenvalue weighted by atomic mass is 32.2. The van der Waals surface area contributed by atoms with Crippen LogP contribution in [-0.4, -0.2) is 25.0 Å². The van der Waals surface area contributed by atoms with Crippen LogP contribution in [0.1, 0.15) is 37.3 Å². The van der Waals surface area contributed by atoms with Gasteiger partial charge in [0, 0.05) is 6.54 Å². The molecule has 90 valence electrons. The van der Waals surface area contributed by atoms with Crippen LogP contribution >= 0.6 is 0 Å². The maximum absolute atomic E-state index is 11.9. The Balaban J connectivity index is 2.28. The third-order valence-corrected chi connectivity index (χ3v) is 4.90. The van der Waals surface area contributed by atoms with Crippen molar-refractivity contribution in [2.24, 2.45) is 0 Å². The second-order valence-electron chi connectivity index (χ2n) is 4.12. The summed E-state index contributed by atoms with van der Waals surface area (Å²) < 4.78 is 30.9. The second kappa shape index (κ2) is 4.22. The molecule has 16 heavy (non-hydrogen) atoms. The molecule has 0 aliphatic carbocycles. The van der Waals surface area contributed by atoms with Crippen LogP contribution in [0.3, 0.4) is 0 Å². The number of aryl methyl sites for hydroxylation is 1. The molecule has 1 aliphatic rings. The lowest BCUT2D eigenvalue weighted by Gasteiger charge is -2.21. The highest BCUT2D eigenvalue weighted by Crippen LogP contribution is 2.34. The van der Waals surface area contributed by atoms with Crippen molar-refractivity contribution in [2.75, 3.05) is 12.3 Å². The predicted molar refractivity (Wildman–Crippen MR) is 61.6 cm³/mol. The summed E-state index contributed by atoms with van der Waals surface area (Å²) in [4.78, 5) is 0. The van der Waals surface area contributed by atoms with E-state index < -0.39 is 10.0 Å². The SMILES string of the molecule is CCS(=O)(=O)N1CCCC1c1ccc(C)o1. The topological polar surface area (TPSA) is 50.5 Å². The molecule has 0 spiro atoms. The van der Waals surface area contributed by atoms with E-state index in [0.29, 0.717) is 6.54 Å².